The van der Waals surface area contributed by atoms with Crippen molar-refractivity contribution in [3.05, 3.63) is 47.2 Å². The Morgan fingerprint density at radius 1 is 1.17 bits per heavy atom. The number of aromatic amines is 1. The summed E-state index contributed by atoms with van der Waals surface area (Å²) in [6, 6.07) is 9.19. The molecule has 2 N–H and O–H groups in total. The molecular weight excluding hydrogens is 476 g/mol. The van der Waals surface area contributed by atoms with Crippen LogP contribution in [0.4, 0.5) is 10.6 Å². The van der Waals surface area contributed by atoms with Gasteiger partial charge in [0, 0.05) is 17.5 Å². The third-order valence-corrected chi connectivity index (χ3v) is 11.5. The van der Waals surface area contributed by atoms with Crippen LogP contribution in [-0.4, -0.2) is 47.7 Å². The predicted octanol–water partition coefficient (Wildman–Crippen LogP) is 5.10. The van der Waals surface area contributed by atoms with Crippen LogP contribution >= 0.6 is 0 Å². The Hall–Kier alpha value is -3.14. The molecule has 1 atom stereocenters. The van der Waals surface area contributed by atoms with E-state index in [-0.39, 0.29) is 24.1 Å². The van der Waals surface area contributed by atoms with Gasteiger partial charge in [-0.2, -0.15) is 5.10 Å². The summed E-state index contributed by atoms with van der Waals surface area (Å²) in [5.74, 6) is 0.0615. The van der Waals surface area contributed by atoms with Crippen LogP contribution in [0.2, 0.25) is 24.7 Å². The number of rotatable bonds is 7. The number of amides is 2. The van der Waals surface area contributed by atoms with Gasteiger partial charge in [-0.1, -0.05) is 56.4 Å². The average Bonchev–Trinajstić information content (AvgIpc) is 3.27. The Bertz CT molecular complexity index is 1150. The van der Waals surface area contributed by atoms with Crippen molar-refractivity contribution in [3.8, 4) is 0 Å². The number of carbonyl (C=O) groups excluding carboxylic acids is 3. The smallest absolute Gasteiger partial charge is 0.411 e. The van der Waals surface area contributed by atoms with Crippen molar-refractivity contribution in [2.75, 3.05) is 11.9 Å². The Labute approximate surface area is 212 Å². The number of hydrogen-bond donors (Lipinski definition) is 2. The number of fused-ring (bicyclic) bond motifs is 1. The minimum Gasteiger partial charge on any atom is -0.462 e. The lowest BCUT2D eigenvalue weighted by molar-refractivity contribution is -0.144. The number of benzene rings is 1. The van der Waals surface area contributed by atoms with Gasteiger partial charge < -0.3 is 14.8 Å². The minimum atomic E-state index is -1.74. The van der Waals surface area contributed by atoms with E-state index in [4.69, 9.17) is 9.47 Å². The molecule has 1 aliphatic carbocycles. The van der Waals surface area contributed by atoms with Gasteiger partial charge in [0.1, 0.15) is 6.61 Å². The number of nitrogens with one attached hydrogen (secondary N) is 2. The van der Waals surface area contributed by atoms with Gasteiger partial charge in [-0.15, -0.1) is 0 Å². The highest BCUT2D eigenvalue weighted by atomic mass is 28.3. The molecule has 1 aromatic carbocycles. The number of ether oxygens (including phenoxy) is 2. The third-order valence-electron chi connectivity index (χ3n) is 7.85. The summed E-state index contributed by atoms with van der Waals surface area (Å²) < 4.78 is 11.0. The van der Waals surface area contributed by atoms with Crippen LogP contribution in [0.5, 0.6) is 0 Å². The largest absolute Gasteiger partial charge is 0.462 e. The summed E-state index contributed by atoms with van der Waals surface area (Å²) in [6.07, 6.45) is 1.60. The molecule has 0 bridgehead atoms. The van der Waals surface area contributed by atoms with E-state index in [9.17, 15) is 14.4 Å². The summed E-state index contributed by atoms with van der Waals surface area (Å²) in [5, 5.41) is 10.2. The van der Waals surface area contributed by atoms with Crippen molar-refractivity contribution in [3.63, 3.8) is 0 Å². The normalized spacial score (nSPS) is 18.6. The van der Waals surface area contributed by atoms with Crippen LogP contribution in [0, 0.1) is 0 Å². The van der Waals surface area contributed by atoms with E-state index in [1.807, 2.05) is 44.2 Å². The molecule has 194 valence electrons. The molecule has 1 aliphatic heterocycles. The lowest BCUT2D eigenvalue weighted by atomic mass is 9.83. The first-order valence-electron chi connectivity index (χ1n) is 12.4. The topological polar surface area (TPSA) is 114 Å². The molecule has 1 saturated carbocycles. The first-order chi connectivity index (χ1) is 16.9. The van der Waals surface area contributed by atoms with Crippen LogP contribution in [0.1, 0.15) is 63.0 Å². The first-order valence-corrected chi connectivity index (χ1v) is 15.9. The zero-order chi connectivity index (χ0) is 26.3. The number of H-pyrrole nitrogens is 1. The first kappa shape index (κ1) is 25.9. The van der Waals surface area contributed by atoms with E-state index in [2.05, 4.69) is 35.2 Å². The summed E-state index contributed by atoms with van der Waals surface area (Å²) >= 11 is 0. The summed E-state index contributed by atoms with van der Waals surface area (Å²) in [5.41, 5.74) is 1.54. The number of aromatic nitrogens is 2. The second-order valence-electron chi connectivity index (χ2n) is 11.3. The second kappa shape index (κ2) is 9.38. The van der Waals surface area contributed by atoms with Crippen molar-refractivity contribution < 1.29 is 23.9 Å². The molecule has 0 spiro atoms. The molecule has 36 heavy (non-hydrogen) atoms. The Balaban J connectivity index is 1.52. The molecule has 4 rings (SSSR count). The highest BCUT2D eigenvalue weighted by molar-refractivity contribution is 6.83. The van der Waals surface area contributed by atoms with E-state index in [0.717, 1.165) is 36.1 Å². The fourth-order valence-electron chi connectivity index (χ4n) is 5.23. The van der Waals surface area contributed by atoms with Crippen molar-refractivity contribution in [1.29, 1.82) is 0 Å². The van der Waals surface area contributed by atoms with E-state index >= 15 is 0 Å². The Morgan fingerprint density at radius 2 is 1.83 bits per heavy atom. The quantitative estimate of drug-likeness (QED) is 0.394. The van der Waals surface area contributed by atoms with E-state index in [1.54, 1.807) is 4.90 Å². The van der Waals surface area contributed by atoms with E-state index < -0.39 is 31.8 Å². The van der Waals surface area contributed by atoms with Crippen molar-refractivity contribution in [2.24, 2.45) is 0 Å². The zero-order valence-electron chi connectivity index (χ0n) is 21.9. The summed E-state index contributed by atoms with van der Waals surface area (Å²) in [6.45, 7) is 12.0. The van der Waals surface area contributed by atoms with Gasteiger partial charge in [0.2, 0.25) is 5.91 Å². The second-order valence-corrected chi connectivity index (χ2v) is 16.8. The third kappa shape index (κ3) is 4.54. The highest BCUT2D eigenvalue weighted by Crippen LogP contribution is 2.56. The van der Waals surface area contributed by atoms with Crippen LogP contribution in [-0.2, 0) is 31.1 Å². The fourth-order valence-corrected chi connectivity index (χ4v) is 7.83. The maximum absolute atomic E-state index is 13.4. The monoisotopic (exact) mass is 512 g/mol. The molecule has 2 aromatic rings. The van der Waals surface area contributed by atoms with Gasteiger partial charge >= 0.3 is 12.1 Å². The number of nitrogens with zero attached hydrogens (tertiary/aromatic N) is 2. The molecule has 9 nitrogen and oxygen atoms in total. The van der Waals surface area contributed by atoms with Gasteiger partial charge in [-0.3, -0.25) is 19.6 Å². The lowest BCUT2D eigenvalue weighted by Gasteiger charge is -2.48. The molecule has 1 unspecified atom stereocenters. The van der Waals surface area contributed by atoms with E-state index in [0.29, 0.717) is 5.82 Å². The van der Waals surface area contributed by atoms with Crippen molar-refractivity contribution in [2.45, 2.75) is 82.9 Å². The molecule has 1 aromatic heterocycles. The van der Waals surface area contributed by atoms with Gasteiger partial charge in [-0.25, -0.2) is 4.79 Å². The molecule has 1 fully saturated rings. The van der Waals surface area contributed by atoms with Gasteiger partial charge in [0.25, 0.3) is 0 Å². The Morgan fingerprint density at radius 3 is 2.39 bits per heavy atom. The molecule has 10 heteroatoms. The summed E-state index contributed by atoms with van der Waals surface area (Å²) in [4.78, 5) is 39.8. The van der Waals surface area contributed by atoms with E-state index in [1.165, 1.54) is 6.92 Å². The van der Waals surface area contributed by atoms with Gasteiger partial charge in [0.05, 0.1) is 25.9 Å². The molecule has 2 aliphatic rings. The Kier molecular flexibility index (Phi) is 6.76. The predicted molar refractivity (Wildman–Crippen MR) is 138 cm³/mol. The molecule has 0 saturated heterocycles. The molecule has 2 amide bonds. The molecule has 2 heterocycles. The minimum absolute atomic E-state index is 0.0339. The molecule has 0 radical (unpaired) electrons. The number of hydrogen-bond acceptors (Lipinski definition) is 6. The van der Waals surface area contributed by atoms with Crippen LogP contribution in [0.3, 0.4) is 0 Å². The summed E-state index contributed by atoms with van der Waals surface area (Å²) in [7, 11) is -1.74. The van der Waals surface area contributed by atoms with Gasteiger partial charge in [-0.05, 0) is 32.3 Å². The number of anilines is 1. The number of carbonyl (C=O) groups is 3. The van der Waals surface area contributed by atoms with Crippen LogP contribution in [0.25, 0.3) is 0 Å². The van der Waals surface area contributed by atoms with Crippen molar-refractivity contribution >= 4 is 31.9 Å². The van der Waals surface area contributed by atoms with Crippen LogP contribution < -0.4 is 5.32 Å². The van der Waals surface area contributed by atoms with Crippen molar-refractivity contribution in [1.82, 2.24) is 15.1 Å². The lowest BCUT2D eigenvalue weighted by Crippen LogP contribution is -2.52. The zero-order valence-corrected chi connectivity index (χ0v) is 22.9. The van der Waals surface area contributed by atoms with Crippen LogP contribution in [0.15, 0.2) is 30.3 Å². The average molecular weight is 513 g/mol. The number of esters is 1. The van der Waals surface area contributed by atoms with Gasteiger partial charge in [0.15, 0.2) is 11.9 Å². The standard InChI is InChI=1S/C26H36N4O5Si/c1-17(31)34-16-20(18-11-8-7-9-12-18)35-24(33)30-15-19-21(25(30,2)3)28-29-22(19)27-23(32)26(13-10-14-26)36(4,5)6/h7-9,11-12,20H,10,13-16H2,1-6H3,(H2,27,28,29,32). The molecular formula is C26H36N4O5Si. The fraction of sp³-hybridized carbons (Fsp3) is 0.538. The SMILES string of the molecule is CC(=O)OCC(OC(=O)N1Cc2c(NC(=O)C3([Si](C)(C)C)CCC3)n[nH]c2C1(C)C)c1ccccc1. The highest BCUT2D eigenvalue weighted by Gasteiger charge is 2.54. The maximum Gasteiger partial charge on any atom is 0.411 e. The maximum atomic E-state index is 13.4.